The van der Waals surface area contributed by atoms with Crippen LogP contribution in [0.4, 0.5) is 13.9 Å². The minimum atomic E-state index is -0.619. The van der Waals surface area contributed by atoms with E-state index < -0.39 is 11.6 Å². The van der Waals surface area contributed by atoms with Gasteiger partial charge in [-0.2, -0.15) is 9.36 Å². The molecule has 3 nitrogen and oxygen atoms in total. The quantitative estimate of drug-likeness (QED) is 0.913. The third kappa shape index (κ3) is 2.41. The standard InChI is InChI=1S/C11H9F2N3S/c12-7-3-6(4-8(13)5-7)10-15-11(17-16-10)14-9-1-2-9/h3-5,9H,1-2H2,(H,14,15,16). The number of rotatable bonds is 3. The van der Waals surface area contributed by atoms with Gasteiger partial charge >= 0.3 is 0 Å². The van der Waals surface area contributed by atoms with Gasteiger partial charge in [0.2, 0.25) is 5.13 Å². The van der Waals surface area contributed by atoms with Gasteiger partial charge < -0.3 is 5.32 Å². The van der Waals surface area contributed by atoms with Crippen LogP contribution in [-0.4, -0.2) is 15.4 Å². The second-order valence-electron chi connectivity index (χ2n) is 4.00. The second-order valence-corrected chi connectivity index (χ2v) is 4.75. The van der Waals surface area contributed by atoms with Crippen LogP contribution < -0.4 is 5.32 Å². The lowest BCUT2D eigenvalue weighted by Gasteiger charge is -1.97. The Morgan fingerprint density at radius 2 is 1.88 bits per heavy atom. The van der Waals surface area contributed by atoms with Crippen molar-refractivity contribution in [2.45, 2.75) is 18.9 Å². The van der Waals surface area contributed by atoms with Crippen LogP contribution in [0.3, 0.4) is 0 Å². The van der Waals surface area contributed by atoms with Gasteiger partial charge in [-0.1, -0.05) is 0 Å². The van der Waals surface area contributed by atoms with Crippen LogP contribution in [0.1, 0.15) is 12.8 Å². The van der Waals surface area contributed by atoms with Crippen molar-refractivity contribution in [1.82, 2.24) is 9.36 Å². The molecule has 0 radical (unpaired) electrons. The molecule has 88 valence electrons. The molecule has 0 spiro atoms. The van der Waals surface area contributed by atoms with E-state index in [2.05, 4.69) is 14.7 Å². The smallest absolute Gasteiger partial charge is 0.203 e. The van der Waals surface area contributed by atoms with Gasteiger partial charge in [0.15, 0.2) is 5.82 Å². The maximum atomic E-state index is 13.0. The Bertz CT molecular complexity index is 531. The Balaban J connectivity index is 1.88. The van der Waals surface area contributed by atoms with Gasteiger partial charge in [-0.3, -0.25) is 0 Å². The van der Waals surface area contributed by atoms with E-state index in [1.165, 1.54) is 23.7 Å². The SMILES string of the molecule is Fc1cc(F)cc(-c2nsc(NC3CC3)n2)c1. The first-order valence-corrected chi connectivity index (χ1v) is 6.05. The summed E-state index contributed by atoms with van der Waals surface area (Å²) in [5.74, 6) is -0.880. The molecule has 0 aliphatic heterocycles. The van der Waals surface area contributed by atoms with Gasteiger partial charge in [0.05, 0.1) is 0 Å². The van der Waals surface area contributed by atoms with Crippen LogP contribution in [0.15, 0.2) is 18.2 Å². The molecule has 0 unspecified atom stereocenters. The minimum absolute atomic E-state index is 0.358. The highest BCUT2D eigenvalue weighted by atomic mass is 32.1. The summed E-state index contributed by atoms with van der Waals surface area (Å²) in [6, 6.07) is 3.78. The largest absolute Gasteiger partial charge is 0.358 e. The van der Waals surface area contributed by atoms with Crippen molar-refractivity contribution in [2.24, 2.45) is 0 Å². The summed E-state index contributed by atoms with van der Waals surface area (Å²) in [6.45, 7) is 0. The fourth-order valence-electron chi connectivity index (χ4n) is 1.48. The van der Waals surface area contributed by atoms with E-state index in [0.29, 0.717) is 22.6 Å². The van der Waals surface area contributed by atoms with Crippen molar-refractivity contribution < 1.29 is 8.78 Å². The van der Waals surface area contributed by atoms with Crippen LogP contribution in [0, 0.1) is 11.6 Å². The third-order valence-corrected chi connectivity index (χ3v) is 3.10. The molecule has 2 aromatic rings. The lowest BCUT2D eigenvalue weighted by Crippen LogP contribution is -1.99. The van der Waals surface area contributed by atoms with Crippen molar-refractivity contribution in [2.75, 3.05) is 5.32 Å². The molecule has 6 heteroatoms. The highest BCUT2D eigenvalue weighted by molar-refractivity contribution is 7.09. The number of nitrogens with zero attached hydrogens (tertiary/aromatic N) is 2. The molecule has 1 aliphatic rings. The molecule has 3 rings (SSSR count). The summed E-state index contributed by atoms with van der Waals surface area (Å²) in [6.07, 6.45) is 2.28. The number of hydrogen-bond acceptors (Lipinski definition) is 4. The summed E-state index contributed by atoms with van der Waals surface area (Å²) < 4.78 is 30.1. The topological polar surface area (TPSA) is 37.8 Å². The summed E-state index contributed by atoms with van der Waals surface area (Å²) in [5.41, 5.74) is 0.364. The highest BCUT2D eigenvalue weighted by Crippen LogP contribution is 2.28. The molecule has 1 aliphatic carbocycles. The lowest BCUT2D eigenvalue weighted by atomic mass is 10.2. The third-order valence-electron chi connectivity index (χ3n) is 2.45. The molecule has 1 heterocycles. The lowest BCUT2D eigenvalue weighted by molar-refractivity contribution is 0.584. The zero-order chi connectivity index (χ0) is 11.8. The average Bonchev–Trinajstić information content (AvgIpc) is 2.93. The van der Waals surface area contributed by atoms with Crippen LogP contribution in [0.5, 0.6) is 0 Å². The van der Waals surface area contributed by atoms with Gasteiger partial charge in [0.1, 0.15) is 11.6 Å². The monoisotopic (exact) mass is 253 g/mol. The predicted octanol–water partition coefficient (Wildman–Crippen LogP) is 3.06. The fraction of sp³-hybridized carbons (Fsp3) is 0.273. The van der Waals surface area contributed by atoms with E-state index in [-0.39, 0.29) is 0 Å². The molecule has 17 heavy (non-hydrogen) atoms. The normalized spacial score (nSPS) is 14.9. The van der Waals surface area contributed by atoms with Gasteiger partial charge in [0.25, 0.3) is 0 Å². The first-order valence-electron chi connectivity index (χ1n) is 5.27. The van der Waals surface area contributed by atoms with E-state index in [1.54, 1.807) is 0 Å². The predicted molar refractivity (Wildman–Crippen MR) is 61.9 cm³/mol. The molecular weight excluding hydrogens is 244 g/mol. The zero-order valence-electron chi connectivity index (χ0n) is 8.78. The van der Waals surface area contributed by atoms with Crippen molar-refractivity contribution in [3.63, 3.8) is 0 Å². The summed E-state index contributed by atoms with van der Waals surface area (Å²) >= 11 is 1.21. The summed E-state index contributed by atoms with van der Waals surface area (Å²) in [7, 11) is 0. The number of anilines is 1. The van der Waals surface area contributed by atoms with E-state index in [9.17, 15) is 8.78 Å². The fourth-order valence-corrected chi connectivity index (χ4v) is 2.15. The molecule has 1 saturated carbocycles. The Kier molecular flexibility index (Phi) is 2.51. The van der Waals surface area contributed by atoms with Gasteiger partial charge in [-0.05, 0) is 25.0 Å². The summed E-state index contributed by atoms with van der Waals surface area (Å²) in [5, 5.41) is 3.89. The van der Waals surface area contributed by atoms with E-state index in [1.807, 2.05) is 0 Å². The Morgan fingerprint density at radius 3 is 2.53 bits per heavy atom. The minimum Gasteiger partial charge on any atom is -0.358 e. The average molecular weight is 253 g/mol. The maximum absolute atomic E-state index is 13.0. The van der Waals surface area contributed by atoms with E-state index in [4.69, 9.17) is 0 Å². The Hall–Kier alpha value is -1.56. The second kappa shape index (κ2) is 4.03. The highest BCUT2D eigenvalue weighted by Gasteiger charge is 2.22. The Labute approximate surface area is 101 Å². The molecule has 0 bridgehead atoms. The molecule has 0 atom stereocenters. The van der Waals surface area contributed by atoms with Crippen molar-refractivity contribution in [3.05, 3.63) is 29.8 Å². The van der Waals surface area contributed by atoms with Gasteiger partial charge in [-0.15, -0.1) is 0 Å². The molecule has 0 amide bonds. The van der Waals surface area contributed by atoms with Gasteiger partial charge in [-0.25, -0.2) is 8.78 Å². The number of aromatic nitrogens is 2. The van der Waals surface area contributed by atoms with E-state index >= 15 is 0 Å². The number of nitrogens with one attached hydrogen (secondary N) is 1. The molecule has 1 aromatic heterocycles. The van der Waals surface area contributed by atoms with Crippen molar-refractivity contribution in [3.8, 4) is 11.4 Å². The van der Waals surface area contributed by atoms with Crippen LogP contribution in [0.25, 0.3) is 11.4 Å². The van der Waals surface area contributed by atoms with Crippen molar-refractivity contribution >= 4 is 16.7 Å². The zero-order valence-corrected chi connectivity index (χ0v) is 9.60. The Morgan fingerprint density at radius 1 is 1.18 bits per heavy atom. The van der Waals surface area contributed by atoms with Crippen LogP contribution in [0.2, 0.25) is 0 Å². The maximum Gasteiger partial charge on any atom is 0.203 e. The molecule has 1 N–H and O–H groups in total. The molecule has 0 saturated heterocycles. The number of halogens is 2. The first kappa shape index (κ1) is 10.6. The number of benzene rings is 1. The molecule has 1 aromatic carbocycles. The first-order chi connectivity index (χ1) is 8.20. The van der Waals surface area contributed by atoms with E-state index in [0.717, 1.165) is 18.9 Å². The molecule has 1 fully saturated rings. The number of hydrogen-bond donors (Lipinski definition) is 1. The van der Waals surface area contributed by atoms with Crippen LogP contribution >= 0.6 is 11.5 Å². The van der Waals surface area contributed by atoms with Crippen LogP contribution in [-0.2, 0) is 0 Å². The summed E-state index contributed by atoms with van der Waals surface area (Å²) in [4.78, 5) is 4.21. The van der Waals surface area contributed by atoms with Gasteiger partial charge in [0, 0.05) is 29.2 Å². The molecular formula is C11H9F2N3S. The van der Waals surface area contributed by atoms with Crippen molar-refractivity contribution in [1.29, 1.82) is 0 Å².